The monoisotopic (exact) mass is 303 g/mol. The number of rotatable bonds is 4. The van der Waals surface area contributed by atoms with Gasteiger partial charge in [0, 0.05) is 12.1 Å². The fourth-order valence-electron chi connectivity index (χ4n) is 2.77. The molecule has 3 rings (SSSR count). The molecule has 0 aliphatic carbocycles. The minimum Gasteiger partial charge on any atom is -0.393 e. The lowest BCUT2D eigenvalue weighted by Gasteiger charge is -2.23. The zero-order valence-corrected chi connectivity index (χ0v) is 12.5. The molecule has 0 saturated carbocycles. The number of benzene rings is 1. The maximum absolute atomic E-state index is 10.2. The molecule has 6 nitrogen and oxygen atoms in total. The number of aliphatic hydroxyl groups excluding tert-OH is 1. The Morgan fingerprint density at radius 3 is 2.77 bits per heavy atom. The van der Waals surface area contributed by atoms with Gasteiger partial charge in [0.1, 0.15) is 0 Å². The molecular weight excluding hydrogens is 282 g/mol. The highest BCUT2D eigenvalue weighted by Crippen LogP contribution is 2.23. The molecule has 0 spiro atoms. The SMILES string of the molecule is OC[C@]1(O)CCCN(Cc2noc(-c3ccccc3)n2)CC1. The molecule has 2 aromatic rings. The van der Waals surface area contributed by atoms with Crippen molar-refractivity contribution < 1.29 is 14.7 Å². The second kappa shape index (κ2) is 6.56. The first-order chi connectivity index (χ1) is 10.7. The van der Waals surface area contributed by atoms with Crippen molar-refractivity contribution in [3.63, 3.8) is 0 Å². The zero-order chi connectivity index (χ0) is 15.4. The number of aromatic nitrogens is 2. The molecule has 1 atom stereocenters. The molecule has 1 aliphatic heterocycles. The quantitative estimate of drug-likeness (QED) is 0.889. The number of hydrogen-bond acceptors (Lipinski definition) is 6. The van der Waals surface area contributed by atoms with Crippen molar-refractivity contribution in [2.45, 2.75) is 31.4 Å². The van der Waals surface area contributed by atoms with Gasteiger partial charge in [0.2, 0.25) is 0 Å². The highest BCUT2D eigenvalue weighted by molar-refractivity contribution is 5.51. The summed E-state index contributed by atoms with van der Waals surface area (Å²) in [7, 11) is 0. The van der Waals surface area contributed by atoms with Crippen molar-refractivity contribution >= 4 is 0 Å². The molecule has 118 valence electrons. The van der Waals surface area contributed by atoms with Gasteiger partial charge < -0.3 is 14.7 Å². The normalized spacial score (nSPS) is 23.4. The Morgan fingerprint density at radius 2 is 2.00 bits per heavy atom. The molecule has 0 unspecified atom stereocenters. The minimum absolute atomic E-state index is 0.179. The van der Waals surface area contributed by atoms with Crippen LogP contribution in [0.4, 0.5) is 0 Å². The molecule has 1 aromatic carbocycles. The van der Waals surface area contributed by atoms with Gasteiger partial charge in [0.25, 0.3) is 5.89 Å². The van der Waals surface area contributed by atoms with Gasteiger partial charge in [0.15, 0.2) is 5.82 Å². The molecule has 2 heterocycles. The number of nitrogens with zero attached hydrogens (tertiary/aromatic N) is 3. The summed E-state index contributed by atoms with van der Waals surface area (Å²) in [5.74, 6) is 1.17. The predicted octanol–water partition coefficient (Wildman–Crippen LogP) is 1.45. The Morgan fingerprint density at radius 1 is 1.18 bits per heavy atom. The average Bonchev–Trinajstić information content (AvgIpc) is 2.93. The molecule has 2 N–H and O–H groups in total. The van der Waals surface area contributed by atoms with Crippen LogP contribution in [0.1, 0.15) is 25.1 Å². The maximum atomic E-state index is 10.2. The van der Waals surface area contributed by atoms with Crippen LogP contribution < -0.4 is 0 Å². The summed E-state index contributed by atoms with van der Waals surface area (Å²) in [5, 5.41) is 23.5. The first kappa shape index (κ1) is 15.1. The second-order valence-electron chi connectivity index (χ2n) is 5.89. The van der Waals surface area contributed by atoms with E-state index in [0.717, 1.165) is 18.5 Å². The number of likely N-dealkylation sites (tertiary alicyclic amines) is 1. The molecule has 1 fully saturated rings. The first-order valence-electron chi connectivity index (χ1n) is 7.62. The average molecular weight is 303 g/mol. The fourth-order valence-corrected chi connectivity index (χ4v) is 2.77. The summed E-state index contributed by atoms with van der Waals surface area (Å²) in [4.78, 5) is 6.62. The van der Waals surface area contributed by atoms with Crippen LogP contribution in [0.25, 0.3) is 11.5 Å². The Labute approximate surface area is 129 Å². The summed E-state index contributed by atoms with van der Waals surface area (Å²) in [6.45, 7) is 1.99. The molecule has 0 radical (unpaired) electrons. The minimum atomic E-state index is -0.943. The first-order valence-corrected chi connectivity index (χ1v) is 7.62. The van der Waals surface area contributed by atoms with Crippen molar-refractivity contribution in [2.75, 3.05) is 19.7 Å². The summed E-state index contributed by atoms with van der Waals surface area (Å²) in [6.07, 6.45) is 2.04. The van der Waals surface area contributed by atoms with Gasteiger partial charge in [-0.05, 0) is 37.9 Å². The van der Waals surface area contributed by atoms with E-state index in [-0.39, 0.29) is 6.61 Å². The standard InChI is InChI=1S/C16H21N3O3/c20-12-16(21)7-4-9-19(10-8-16)11-14-17-15(22-18-14)13-5-2-1-3-6-13/h1-3,5-6,20-21H,4,7-12H2/t16-/m0/s1. The lowest BCUT2D eigenvalue weighted by Crippen LogP contribution is -2.34. The van der Waals surface area contributed by atoms with Crippen LogP contribution in [-0.4, -0.2) is 50.6 Å². The summed E-state index contributed by atoms with van der Waals surface area (Å²) < 4.78 is 5.31. The predicted molar refractivity (Wildman–Crippen MR) is 80.9 cm³/mol. The van der Waals surface area contributed by atoms with Gasteiger partial charge in [-0.1, -0.05) is 23.4 Å². The smallest absolute Gasteiger partial charge is 0.257 e. The van der Waals surface area contributed by atoms with E-state index in [1.807, 2.05) is 30.3 Å². The van der Waals surface area contributed by atoms with Crippen LogP contribution in [-0.2, 0) is 6.54 Å². The molecule has 22 heavy (non-hydrogen) atoms. The van der Waals surface area contributed by atoms with Crippen LogP contribution >= 0.6 is 0 Å². The van der Waals surface area contributed by atoms with Crippen LogP contribution in [0.15, 0.2) is 34.9 Å². The molecule has 0 amide bonds. The van der Waals surface area contributed by atoms with Gasteiger partial charge in [-0.25, -0.2) is 0 Å². The van der Waals surface area contributed by atoms with E-state index >= 15 is 0 Å². The van der Waals surface area contributed by atoms with Crippen molar-refractivity contribution in [2.24, 2.45) is 0 Å². The Balaban J connectivity index is 1.63. The summed E-state index contributed by atoms with van der Waals surface area (Å²) in [5.41, 5.74) is -0.0342. The highest BCUT2D eigenvalue weighted by atomic mass is 16.5. The third kappa shape index (κ3) is 3.52. The number of hydrogen-bond donors (Lipinski definition) is 2. The fraction of sp³-hybridized carbons (Fsp3) is 0.500. The van der Waals surface area contributed by atoms with Crippen LogP contribution in [0.2, 0.25) is 0 Å². The highest BCUT2D eigenvalue weighted by Gasteiger charge is 2.29. The Kier molecular flexibility index (Phi) is 4.52. The van der Waals surface area contributed by atoms with Crippen molar-refractivity contribution in [3.05, 3.63) is 36.2 Å². The maximum Gasteiger partial charge on any atom is 0.257 e. The summed E-state index contributed by atoms with van der Waals surface area (Å²) >= 11 is 0. The third-order valence-corrected chi connectivity index (χ3v) is 4.16. The van der Waals surface area contributed by atoms with E-state index in [0.29, 0.717) is 37.6 Å². The Bertz CT molecular complexity index is 602. The van der Waals surface area contributed by atoms with Gasteiger partial charge in [-0.15, -0.1) is 0 Å². The van der Waals surface area contributed by atoms with Crippen LogP contribution in [0, 0.1) is 0 Å². The van der Waals surface area contributed by atoms with Gasteiger partial charge in [-0.2, -0.15) is 4.98 Å². The molecule has 0 bridgehead atoms. The lowest BCUT2D eigenvalue weighted by molar-refractivity contribution is -0.0255. The van der Waals surface area contributed by atoms with Crippen molar-refractivity contribution in [3.8, 4) is 11.5 Å². The largest absolute Gasteiger partial charge is 0.393 e. The summed E-state index contributed by atoms with van der Waals surface area (Å²) in [6, 6.07) is 9.68. The van der Waals surface area contributed by atoms with E-state index in [2.05, 4.69) is 15.0 Å². The second-order valence-corrected chi connectivity index (χ2v) is 5.89. The van der Waals surface area contributed by atoms with Crippen LogP contribution in [0.5, 0.6) is 0 Å². The van der Waals surface area contributed by atoms with E-state index < -0.39 is 5.60 Å². The Hall–Kier alpha value is -1.76. The van der Waals surface area contributed by atoms with Crippen molar-refractivity contribution in [1.29, 1.82) is 0 Å². The van der Waals surface area contributed by atoms with Gasteiger partial charge >= 0.3 is 0 Å². The zero-order valence-electron chi connectivity index (χ0n) is 12.5. The topological polar surface area (TPSA) is 82.6 Å². The van der Waals surface area contributed by atoms with E-state index in [1.165, 1.54) is 0 Å². The molecule has 1 saturated heterocycles. The van der Waals surface area contributed by atoms with E-state index in [1.54, 1.807) is 0 Å². The molecular formula is C16H21N3O3. The van der Waals surface area contributed by atoms with E-state index in [4.69, 9.17) is 4.52 Å². The van der Waals surface area contributed by atoms with Gasteiger partial charge in [-0.3, -0.25) is 4.90 Å². The van der Waals surface area contributed by atoms with Crippen LogP contribution in [0.3, 0.4) is 0 Å². The molecule has 6 heteroatoms. The molecule has 1 aliphatic rings. The van der Waals surface area contributed by atoms with E-state index in [9.17, 15) is 10.2 Å². The lowest BCUT2D eigenvalue weighted by atomic mass is 9.96. The third-order valence-electron chi connectivity index (χ3n) is 4.16. The van der Waals surface area contributed by atoms with Crippen molar-refractivity contribution in [1.82, 2.24) is 15.0 Å². The molecule has 1 aromatic heterocycles. The van der Waals surface area contributed by atoms with Gasteiger partial charge in [0.05, 0.1) is 18.8 Å². The number of aliphatic hydroxyl groups is 2.